The van der Waals surface area contributed by atoms with Crippen molar-refractivity contribution in [1.82, 2.24) is 9.78 Å². The van der Waals surface area contributed by atoms with E-state index in [0.717, 1.165) is 29.9 Å². The molecule has 3 nitrogen and oxygen atoms in total. The molecule has 0 radical (unpaired) electrons. The fraction of sp³-hybridized carbons (Fsp3) is 0.462. The average Bonchev–Trinajstić information content (AvgIpc) is 2.93. The Balaban J connectivity index is 2.39. The Bertz CT molecular complexity index is 501. The number of aliphatic hydroxyl groups excluding tert-OH is 1. The molecule has 1 unspecified atom stereocenters. The smallest absolute Gasteiger partial charge is 0.122 e. The SMILES string of the molecule is CCc1cc(C(O)c2ccsc2C)n(CC)n1. The summed E-state index contributed by atoms with van der Waals surface area (Å²) in [7, 11) is 0. The highest BCUT2D eigenvalue weighted by Gasteiger charge is 2.18. The van der Waals surface area contributed by atoms with Crippen molar-refractivity contribution >= 4 is 11.3 Å². The summed E-state index contributed by atoms with van der Waals surface area (Å²) < 4.78 is 1.89. The molecule has 2 rings (SSSR count). The van der Waals surface area contributed by atoms with E-state index in [4.69, 9.17) is 0 Å². The first-order valence-corrected chi connectivity index (χ1v) is 6.84. The molecule has 0 fully saturated rings. The van der Waals surface area contributed by atoms with Crippen LogP contribution in [0.3, 0.4) is 0 Å². The number of thiophene rings is 1. The van der Waals surface area contributed by atoms with Crippen molar-refractivity contribution in [3.63, 3.8) is 0 Å². The molecule has 2 heterocycles. The zero-order valence-corrected chi connectivity index (χ0v) is 11.3. The quantitative estimate of drug-likeness (QED) is 0.906. The van der Waals surface area contributed by atoms with E-state index in [9.17, 15) is 5.11 Å². The molecule has 1 atom stereocenters. The van der Waals surface area contributed by atoms with E-state index in [2.05, 4.69) is 12.0 Å². The van der Waals surface area contributed by atoms with Gasteiger partial charge >= 0.3 is 0 Å². The maximum atomic E-state index is 10.4. The van der Waals surface area contributed by atoms with Gasteiger partial charge in [0, 0.05) is 17.0 Å². The number of hydrogen-bond acceptors (Lipinski definition) is 3. The van der Waals surface area contributed by atoms with Gasteiger partial charge in [0.1, 0.15) is 6.10 Å². The Labute approximate surface area is 106 Å². The lowest BCUT2D eigenvalue weighted by Crippen LogP contribution is -2.09. The van der Waals surface area contributed by atoms with Crippen LogP contribution in [0.2, 0.25) is 0 Å². The van der Waals surface area contributed by atoms with Crippen LogP contribution in [0.5, 0.6) is 0 Å². The van der Waals surface area contributed by atoms with Gasteiger partial charge in [0.2, 0.25) is 0 Å². The lowest BCUT2D eigenvalue weighted by molar-refractivity contribution is 0.208. The first-order chi connectivity index (χ1) is 8.17. The minimum atomic E-state index is -0.561. The van der Waals surface area contributed by atoms with Gasteiger partial charge in [0.05, 0.1) is 11.4 Å². The highest BCUT2D eigenvalue weighted by molar-refractivity contribution is 7.10. The number of hydrogen-bond donors (Lipinski definition) is 1. The van der Waals surface area contributed by atoms with E-state index in [-0.39, 0.29) is 0 Å². The molecule has 2 aromatic rings. The van der Waals surface area contributed by atoms with Gasteiger partial charge in [0.15, 0.2) is 0 Å². The molecule has 17 heavy (non-hydrogen) atoms. The van der Waals surface area contributed by atoms with Crippen molar-refractivity contribution in [3.8, 4) is 0 Å². The predicted octanol–water partition coefficient (Wildman–Crippen LogP) is 2.92. The van der Waals surface area contributed by atoms with Crippen molar-refractivity contribution < 1.29 is 5.11 Å². The van der Waals surface area contributed by atoms with Crippen LogP contribution < -0.4 is 0 Å². The van der Waals surface area contributed by atoms with E-state index in [1.54, 1.807) is 11.3 Å². The molecule has 0 spiro atoms. The van der Waals surface area contributed by atoms with Crippen LogP contribution in [0.4, 0.5) is 0 Å². The number of aliphatic hydroxyl groups is 1. The Morgan fingerprint density at radius 2 is 2.24 bits per heavy atom. The van der Waals surface area contributed by atoms with E-state index in [1.807, 2.05) is 36.0 Å². The second-order valence-electron chi connectivity index (χ2n) is 4.06. The monoisotopic (exact) mass is 250 g/mol. The maximum Gasteiger partial charge on any atom is 0.122 e. The average molecular weight is 250 g/mol. The minimum Gasteiger partial charge on any atom is -0.382 e. The zero-order valence-electron chi connectivity index (χ0n) is 10.5. The molecule has 92 valence electrons. The second-order valence-corrected chi connectivity index (χ2v) is 5.18. The number of rotatable bonds is 4. The lowest BCUT2D eigenvalue weighted by Gasteiger charge is -2.12. The van der Waals surface area contributed by atoms with Gasteiger partial charge < -0.3 is 5.11 Å². The molecular formula is C13H18N2OS. The molecule has 2 aromatic heterocycles. The van der Waals surface area contributed by atoms with Crippen molar-refractivity contribution in [2.75, 3.05) is 0 Å². The summed E-state index contributed by atoms with van der Waals surface area (Å²) in [6.45, 7) is 6.95. The van der Waals surface area contributed by atoms with Crippen LogP contribution >= 0.6 is 11.3 Å². The lowest BCUT2D eigenvalue weighted by atomic mass is 10.1. The second kappa shape index (κ2) is 5.02. The first kappa shape index (κ1) is 12.3. The summed E-state index contributed by atoms with van der Waals surface area (Å²) >= 11 is 1.66. The molecule has 0 aliphatic heterocycles. The molecule has 0 saturated heterocycles. The van der Waals surface area contributed by atoms with Crippen molar-refractivity contribution in [2.24, 2.45) is 0 Å². The Kier molecular flexibility index (Phi) is 3.64. The highest BCUT2D eigenvalue weighted by atomic mass is 32.1. The van der Waals surface area contributed by atoms with Crippen LogP contribution in [0.1, 0.15) is 41.8 Å². The number of aryl methyl sites for hydroxylation is 3. The van der Waals surface area contributed by atoms with E-state index >= 15 is 0 Å². The Morgan fingerprint density at radius 1 is 1.47 bits per heavy atom. The van der Waals surface area contributed by atoms with E-state index in [1.165, 1.54) is 4.88 Å². The van der Waals surface area contributed by atoms with Gasteiger partial charge in [0.25, 0.3) is 0 Å². The predicted molar refractivity (Wildman–Crippen MR) is 70.4 cm³/mol. The van der Waals surface area contributed by atoms with Gasteiger partial charge in [-0.25, -0.2) is 0 Å². The van der Waals surface area contributed by atoms with Gasteiger partial charge in [-0.1, -0.05) is 6.92 Å². The molecule has 0 amide bonds. The topological polar surface area (TPSA) is 38.0 Å². The van der Waals surface area contributed by atoms with Crippen molar-refractivity contribution in [2.45, 2.75) is 39.8 Å². The fourth-order valence-electron chi connectivity index (χ4n) is 1.97. The number of nitrogens with zero attached hydrogens (tertiary/aromatic N) is 2. The third-order valence-electron chi connectivity index (χ3n) is 3.00. The van der Waals surface area contributed by atoms with Gasteiger partial charge in [-0.2, -0.15) is 5.10 Å². The Hall–Kier alpha value is -1.13. The minimum absolute atomic E-state index is 0.561. The summed E-state index contributed by atoms with van der Waals surface area (Å²) in [6, 6.07) is 3.99. The first-order valence-electron chi connectivity index (χ1n) is 5.96. The van der Waals surface area contributed by atoms with Crippen LogP contribution in [-0.4, -0.2) is 14.9 Å². The van der Waals surface area contributed by atoms with E-state index < -0.39 is 6.10 Å². The molecule has 0 aliphatic rings. The molecular weight excluding hydrogens is 232 g/mol. The van der Waals surface area contributed by atoms with E-state index in [0.29, 0.717) is 0 Å². The van der Waals surface area contributed by atoms with Crippen molar-refractivity contribution in [1.29, 1.82) is 0 Å². The summed E-state index contributed by atoms with van der Waals surface area (Å²) in [4.78, 5) is 1.17. The zero-order chi connectivity index (χ0) is 12.4. The summed E-state index contributed by atoms with van der Waals surface area (Å²) in [5.74, 6) is 0. The summed E-state index contributed by atoms with van der Waals surface area (Å²) in [5, 5.41) is 16.9. The largest absolute Gasteiger partial charge is 0.382 e. The molecule has 1 N–H and O–H groups in total. The fourth-order valence-corrected chi connectivity index (χ4v) is 2.71. The van der Waals surface area contributed by atoms with Gasteiger partial charge in [-0.05, 0) is 37.8 Å². The molecule has 0 bridgehead atoms. The van der Waals surface area contributed by atoms with Crippen LogP contribution in [0.15, 0.2) is 17.5 Å². The molecule has 0 aromatic carbocycles. The number of aromatic nitrogens is 2. The summed E-state index contributed by atoms with van der Waals surface area (Å²) in [6.07, 6.45) is 0.337. The van der Waals surface area contributed by atoms with Crippen molar-refractivity contribution in [3.05, 3.63) is 39.3 Å². The van der Waals surface area contributed by atoms with Crippen LogP contribution in [0.25, 0.3) is 0 Å². The molecule has 0 aliphatic carbocycles. The highest BCUT2D eigenvalue weighted by Crippen LogP contribution is 2.28. The molecule has 4 heteroatoms. The van der Waals surface area contributed by atoms with Gasteiger partial charge in [-0.15, -0.1) is 11.3 Å². The Morgan fingerprint density at radius 3 is 2.76 bits per heavy atom. The summed E-state index contributed by atoms with van der Waals surface area (Å²) in [5.41, 5.74) is 2.92. The third kappa shape index (κ3) is 2.28. The van der Waals surface area contributed by atoms with Crippen LogP contribution in [-0.2, 0) is 13.0 Å². The third-order valence-corrected chi connectivity index (χ3v) is 3.86. The van der Waals surface area contributed by atoms with Crippen LogP contribution in [0, 0.1) is 6.92 Å². The molecule has 0 saturated carbocycles. The maximum absolute atomic E-state index is 10.4. The standard InChI is InChI=1S/C13H18N2OS/c1-4-10-8-12(15(5-2)14-10)13(16)11-6-7-17-9(11)3/h6-8,13,16H,4-5H2,1-3H3. The normalized spacial score (nSPS) is 12.9. The van der Waals surface area contributed by atoms with Gasteiger partial charge in [-0.3, -0.25) is 4.68 Å².